The maximum atomic E-state index is 12.4. The molecule has 0 bridgehead atoms. The first-order chi connectivity index (χ1) is 13.5. The van der Waals surface area contributed by atoms with Crippen LogP contribution in [-0.2, 0) is 11.3 Å². The number of aryl methyl sites for hydroxylation is 2. The van der Waals surface area contributed by atoms with Gasteiger partial charge < -0.3 is 14.4 Å². The van der Waals surface area contributed by atoms with Crippen molar-refractivity contribution < 1.29 is 14.3 Å². The Labute approximate surface area is 167 Å². The zero-order valence-corrected chi connectivity index (χ0v) is 17.1. The molecule has 1 heterocycles. The molecular formula is C23H30N2O3. The zero-order chi connectivity index (χ0) is 19.9. The minimum absolute atomic E-state index is 0.239. The summed E-state index contributed by atoms with van der Waals surface area (Å²) in [6.45, 7) is 7.34. The van der Waals surface area contributed by atoms with Crippen LogP contribution in [0.25, 0.3) is 0 Å². The number of hydrogen-bond donors (Lipinski definition) is 0. The Morgan fingerprint density at radius 1 is 1.07 bits per heavy atom. The van der Waals surface area contributed by atoms with Crippen molar-refractivity contribution in [1.82, 2.24) is 9.80 Å². The first kappa shape index (κ1) is 20.2. The van der Waals surface area contributed by atoms with Crippen LogP contribution in [0, 0.1) is 13.8 Å². The van der Waals surface area contributed by atoms with E-state index in [-0.39, 0.29) is 12.1 Å². The number of amides is 1. The molecule has 0 spiro atoms. The average Bonchev–Trinajstić information content (AvgIpc) is 2.71. The van der Waals surface area contributed by atoms with Gasteiger partial charge in [-0.2, -0.15) is 0 Å². The lowest BCUT2D eigenvalue weighted by Crippen LogP contribution is -2.53. The molecule has 2 aromatic carbocycles. The summed E-state index contributed by atoms with van der Waals surface area (Å²) in [5.41, 5.74) is 3.51. The van der Waals surface area contributed by atoms with Crippen molar-refractivity contribution in [3.63, 3.8) is 0 Å². The Kier molecular flexibility index (Phi) is 6.93. The molecule has 1 atom stereocenters. The smallest absolute Gasteiger partial charge is 0.410 e. The van der Waals surface area contributed by atoms with E-state index in [0.29, 0.717) is 26.3 Å². The lowest BCUT2D eigenvalue weighted by molar-refractivity contribution is 0.0508. The van der Waals surface area contributed by atoms with Crippen LogP contribution in [0.3, 0.4) is 0 Å². The summed E-state index contributed by atoms with van der Waals surface area (Å²) in [4.78, 5) is 16.5. The Bertz CT molecular complexity index is 779. The van der Waals surface area contributed by atoms with E-state index in [2.05, 4.69) is 37.9 Å². The number of carbonyl (C=O) groups is 1. The lowest BCUT2D eigenvalue weighted by Gasteiger charge is -2.38. The van der Waals surface area contributed by atoms with E-state index in [1.54, 1.807) is 0 Å². The zero-order valence-electron chi connectivity index (χ0n) is 17.1. The lowest BCUT2D eigenvalue weighted by atomic mass is 10.1. The van der Waals surface area contributed by atoms with Gasteiger partial charge in [-0.1, -0.05) is 36.4 Å². The van der Waals surface area contributed by atoms with Crippen LogP contribution in [-0.4, -0.2) is 55.2 Å². The number of nitrogens with zero attached hydrogens (tertiary/aromatic N) is 2. The van der Waals surface area contributed by atoms with E-state index < -0.39 is 0 Å². The molecule has 5 nitrogen and oxygen atoms in total. The molecule has 3 rings (SSSR count). The van der Waals surface area contributed by atoms with Crippen molar-refractivity contribution in [2.24, 2.45) is 0 Å². The molecule has 0 unspecified atom stereocenters. The fraction of sp³-hybridized carbons (Fsp3) is 0.435. The highest BCUT2D eigenvalue weighted by Gasteiger charge is 2.28. The van der Waals surface area contributed by atoms with Crippen LogP contribution in [0.1, 0.15) is 23.1 Å². The maximum absolute atomic E-state index is 12.4. The molecular weight excluding hydrogens is 352 g/mol. The number of benzene rings is 2. The molecule has 0 saturated carbocycles. The van der Waals surface area contributed by atoms with Gasteiger partial charge in [-0.3, -0.25) is 4.90 Å². The fourth-order valence-electron chi connectivity index (χ4n) is 3.35. The Hall–Kier alpha value is -2.53. The van der Waals surface area contributed by atoms with E-state index >= 15 is 0 Å². The first-order valence-corrected chi connectivity index (χ1v) is 9.89. The fourth-order valence-corrected chi connectivity index (χ4v) is 3.35. The number of hydrogen-bond acceptors (Lipinski definition) is 4. The minimum atomic E-state index is -0.239. The van der Waals surface area contributed by atoms with Crippen molar-refractivity contribution in [2.75, 3.05) is 33.3 Å². The molecule has 1 aliphatic rings. The van der Waals surface area contributed by atoms with Crippen LogP contribution in [0.4, 0.5) is 4.79 Å². The number of piperazine rings is 1. The normalized spacial score (nSPS) is 17.4. The summed E-state index contributed by atoms with van der Waals surface area (Å²) >= 11 is 0. The molecule has 28 heavy (non-hydrogen) atoms. The molecule has 1 aliphatic heterocycles. The third kappa shape index (κ3) is 5.49. The first-order valence-electron chi connectivity index (χ1n) is 9.89. The number of rotatable bonds is 6. The van der Waals surface area contributed by atoms with Crippen molar-refractivity contribution in [2.45, 2.75) is 32.9 Å². The molecule has 0 aromatic heterocycles. The van der Waals surface area contributed by atoms with E-state index in [4.69, 9.17) is 9.47 Å². The number of carbonyl (C=O) groups excluding carboxylic acids is 1. The maximum Gasteiger partial charge on any atom is 0.410 e. The summed E-state index contributed by atoms with van der Waals surface area (Å²) < 4.78 is 11.4. The molecule has 2 aromatic rings. The summed E-state index contributed by atoms with van der Waals surface area (Å²) in [6, 6.07) is 16.2. The highest BCUT2D eigenvalue weighted by atomic mass is 16.6. The molecule has 5 heteroatoms. The van der Waals surface area contributed by atoms with Gasteiger partial charge in [0, 0.05) is 25.7 Å². The van der Waals surface area contributed by atoms with Crippen molar-refractivity contribution >= 4 is 6.09 Å². The second-order valence-corrected chi connectivity index (χ2v) is 7.50. The van der Waals surface area contributed by atoms with Gasteiger partial charge in [0.15, 0.2) is 0 Å². The monoisotopic (exact) mass is 382 g/mol. The van der Waals surface area contributed by atoms with Gasteiger partial charge in [-0.05, 0) is 56.1 Å². The molecule has 0 radical (unpaired) electrons. The quantitative estimate of drug-likeness (QED) is 0.757. The third-order valence-corrected chi connectivity index (χ3v) is 5.44. The Morgan fingerprint density at radius 3 is 2.61 bits per heavy atom. The van der Waals surface area contributed by atoms with Gasteiger partial charge in [0.25, 0.3) is 0 Å². The van der Waals surface area contributed by atoms with E-state index in [1.165, 1.54) is 11.1 Å². The summed E-state index contributed by atoms with van der Waals surface area (Å²) in [7, 11) is 2.10. The second-order valence-electron chi connectivity index (χ2n) is 7.50. The van der Waals surface area contributed by atoms with Gasteiger partial charge in [0.05, 0.1) is 6.61 Å². The van der Waals surface area contributed by atoms with Crippen molar-refractivity contribution in [3.05, 3.63) is 65.2 Å². The van der Waals surface area contributed by atoms with Crippen LogP contribution in [0.2, 0.25) is 0 Å². The van der Waals surface area contributed by atoms with Crippen LogP contribution < -0.4 is 4.74 Å². The highest BCUT2D eigenvalue weighted by molar-refractivity contribution is 5.67. The van der Waals surface area contributed by atoms with Gasteiger partial charge in [-0.25, -0.2) is 4.79 Å². The van der Waals surface area contributed by atoms with Gasteiger partial charge in [0.2, 0.25) is 0 Å². The summed E-state index contributed by atoms with van der Waals surface area (Å²) in [6.07, 6.45) is 0.628. The number of likely N-dealkylation sites (N-methyl/N-ethyl adjacent to an activating group) is 1. The van der Waals surface area contributed by atoms with Gasteiger partial charge >= 0.3 is 6.09 Å². The largest absolute Gasteiger partial charge is 0.494 e. The van der Waals surface area contributed by atoms with E-state index in [1.807, 2.05) is 41.3 Å². The SMILES string of the molecule is Cc1ccc(OCC[C@@H]2CN(C(=O)OCc3ccccc3)CCN2C)cc1C. The molecule has 0 aliphatic carbocycles. The minimum Gasteiger partial charge on any atom is -0.494 e. The van der Waals surface area contributed by atoms with Gasteiger partial charge in [-0.15, -0.1) is 0 Å². The van der Waals surface area contributed by atoms with Gasteiger partial charge in [0.1, 0.15) is 12.4 Å². The predicted octanol–water partition coefficient (Wildman–Crippen LogP) is 4.03. The molecule has 1 saturated heterocycles. The van der Waals surface area contributed by atoms with Crippen molar-refractivity contribution in [3.8, 4) is 5.75 Å². The van der Waals surface area contributed by atoms with Crippen molar-refractivity contribution in [1.29, 1.82) is 0 Å². The molecule has 150 valence electrons. The van der Waals surface area contributed by atoms with Crippen LogP contribution in [0.5, 0.6) is 5.75 Å². The highest BCUT2D eigenvalue weighted by Crippen LogP contribution is 2.18. The summed E-state index contributed by atoms with van der Waals surface area (Å²) in [5, 5.41) is 0. The Morgan fingerprint density at radius 2 is 1.86 bits per heavy atom. The average molecular weight is 383 g/mol. The predicted molar refractivity (Wildman–Crippen MR) is 111 cm³/mol. The summed E-state index contributed by atoms with van der Waals surface area (Å²) in [5.74, 6) is 0.903. The second kappa shape index (κ2) is 9.60. The van der Waals surface area contributed by atoms with Crippen LogP contribution >= 0.6 is 0 Å². The van der Waals surface area contributed by atoms with E-state index in [0.717, 1.165) is 24.3 Å². The Balaban J connectivity index is 1.46. The molecule has 0 N–H and O–H groups in total. The van der Waals surface area contributed by atoms with E-state index in [9.17, 15) is 4.79 Å². The third-order valence-electron chi connectivity index (χ3n) is 5.44. The molecule has 1 amide bonds. The standard InChI is InChI=1S/C23H30N2O3/c1-18-9-10-22(15-19(18)2)27-14-11-21-16-25(13-12-24(21)3)23(26)28-17-20-7-5-4-6-8-20/h4-10,15,21H,11-14,16-17H2,1-3H3/t21-/m1/s1. The number of ether oxygens (including phenoxy) is 2. The molecule has 1 fully saturated rings. The van der Waals surface area contributed by atoms with Crippen LogP contribution in [0.15, 0.2) is 48.5 Å². The topological polar surface area (TPSA) is 42.0 Å².